The number of aromatic hydroxyl groups is 2. The predicted octanol–water partition coefficient (Wildman–Crippen LogP) is 2.89. The van der Waals surface area contributed by atoms with Crippen LogP contribution in [0.1, 0.15) is 5.56 Å². The minimum atomic E-state index is -0.539. The Morgan fingerprint density at radius 2 is 1.90 bits per heavy atom. The highest BCUT2D eigenvalue weighted by molar-refractivity contribution is 5.85. The van der Waals surface area contributed by atoms with Crippen LogP contribution in [0.15, 0.2) is 42.5 Å². The lowest BCUT2D eigenvalue weighted by molar-refractivity contribution is 0.187. The fraction of sp³-hybridized carbons (Fsp3) is 0.133. The van der Waals surface area contributed by atoms with E-state index >= 15 is 0 Å². The van der Waals surface area contributed by atoms with Crippen LogP contribution in [0.3, 0.4) is 0 Å². The summed E-state index contributed by atoms with van der Waals surface area (Å²) in [4.78, 5) is 11.1. The first kappa shape index (κ1) is 14.5. The Labute approximate surface area is 122 Å². The number of hydrogen-bond acceptors (Lipinski definition) is 5. The van der Waals surface area contributed by atoms with Gasteiger partial charge in [-0.05, 0) is 30.3 Å². The summed E-state index contributed by atoms with van der Waals surface area (Å²) in [6.07, 6.45) is -0.539. The second kappa shape index (κ2) is 6.51. The maximum atomic E-state index is 11.1. The molecular formula is C15H16N2O4. The van der Waals surface area contributed by atoms with Gasteiger partial charge in [0.1, 0.15) is 11.5 Å². The average Bonchev–Trinajstić information content (AvgIpc) is 2.46. The van der Waals surface area contributed by atoms with Crippen molar-refractivity contribution in [3.63, 3.8) is 0 Å². The van der Waals surface area contributed by atoms with Crippen molar-refractivity contribution in [1.82, 2.24) is 0 Å². The van der Waals surface area contributed by atoms with Crippen molar-refractivity contribution in [2.24, 2.45) is 0 Å². The fourth-order valence-electron chi connectivity index (χ4n) is 1.77. The van der Waals surface area contributed by atoms with Crippen molar-refractivity contribution >= 4 is 17.5 Å². The molecule has 0 saturated carbocycles. The summed E-state index contributed by atoms with van der Waals surface area (Å²) < 4.78 is 4.52. The summed E-state index contributed by atoms with van der Waals surface area (Å²) in [5.41, 5.74) is 2.03. The Morgan fingerprint density at radius 1 is 1.14 bits per heavy atom. The molecule has 0 saturated heterocycles. The molecule has 21 heavy (non-hydrogen) atoms. The highest BCUT2D eigenvalue weighted by Crippen LogP contribution is 2.24. The van der Waals surface area contributed by atoms with Crippen LogP contribution in [0.2, 0.25) is 0 Å². The van der Waals surface area contributed by atoms with Crippen molar-refractivity contribution in [1.29, 1.82) is 0 Å². The number of carbonyl (C=O) groups is 1. The Morgan fingerprint density at radius 3 is 2.62 bits per heavy atom. The third kappa shape index (κ3) is 4.04. The highest BCUT2D eigenvalue weighted by Gasteiger charge is 2.04. The fourth-order valence-corrected chi connectivity index (χ4v) is 1.77. The molecule has 0 radical (unpaired) electrons. The third-order valence-electron chi connectivity index (χ3n) is 2.85. The van der Waals surface area contributed by atoms with Gasteiger partial charge in [-0.3, -0.25) is 5.32 Å². The van der Waals surface area contributed by atoms with Crippen LogP contribution in [0, 0.1) is 0 Å². The lowest BCUT2D eigenvalue weighted by atomic mass is 10.2. The van der Waals surface area contributed by atoms with E-state index in [0.29, 0.717) is 17.8 Å². The smallest absolute Gasteiger partial charge is 0.411 e. The first-order valence-electron chi connectivity index (χ1n) is 6.28. The summed E-state index contributed by atoms with van der Waals surface area (Å²) in [6, 6.07) is 11.5. The third-order valence-corrected chi connectivity index (χ3v) is 2.85. The van der Waals surface area contributed by atoms with Crippen molar-refractivity contribution in [3.8, 4) is 11.5 Å². The van der Waals surface area contributed by atoms with Crippen molar-refractivity contribution < 1.29 is 19.7 Å². The normalized spacial score (nSPS) is 9.95. The summed E-state index contributed by atoms with van der Waals surface area (Å²) in [7, 11) is 1.30. The van der Waals surface area contributed by atoms with Crippen molar-refractivity contribution in [2.45, 2.75) is 6.54 Å². The van der Waals surface area contributed by atoms with Gasteiger partial charge >= 0.3 is 6.09 Å². The molecule has 0 aliphatic rings. The van der Waals surface area contributed by atoms with E-state index in [2.05, 4.69) is 15.4 Å². The molecule has 2 rings (SSSR count). The zero-order valence-corrected chi connectivity index (χ0v) is 11.5. The van der Waals surface area contributed by atoms with E-state index in [0.717, 1.165) is 5.69 Å². The maximum absolute atomic E-state index is 11.1. The number of benzene rings is 2. The molecule has 0 bridgehead atoms. The second-order valence-electron chi connectivity index (χ2n) is 4.36. The number of phenols is 2. The van der Waals surface area contributed by atoms with Gasteiger partial charge in [0, 0.05) is 29.5 Å². The zero-order chi connectivity index (χ0) is 15.2. The molecule has 6 heteroatoms. The molecule has 1 amide bonds. The Kier molecular flexibility index (Phi) is 4.50. The number of phenolic OH excluding ortho intramolecular Hbond substituents is 2. The van der Waals surface area contributed by atoms with Crippen LogP contribution in [0.4, 0.5) is 16.2 Å². The van der Waals surface area contributed by atoms with Crippen LogP contribution < -0.4 is 10.6 Å². The van der Waals surface area contributed by atoms with Gasteiger partial charge in [0.05, 0.1) is 7.11 Å². The van der Waals surface area contributed by atoms with E-state index in [4.69, 9.17) is 0 Å². The molecule has 2 aromatic carbocycles. The van der Waals surface area contributed by atoms with E-state index in [1.807, 2.05) is 6.07 Å². The molecule has 0 aliphatic carbocycles. The summed E-state index contributed by atoms with van der Waals surface area (Å²) in [5.74, 6) is 0.0341. The molecule has 0 aliphatic heterocycles. The van der Waals surface area contributed by atoms with Gasteiger partial charge in [-0.2, -0.15) is 0 Å². The van der Waals surface area contributed by atoms with Gasteiger partial charge in [-0.15, -0.1) is 0 Å². The SMILES string of the molecule is COC(=O)Nc1cccc(NCc2ccc(O)cc2O)c1. The van der Waals surface area contributed by atoms with Crippen molar-refractivity contribution in [2.75, 3.05) is 17.7 Å². The molecule has 0 aromatic heterocycles. The largest absolute Gasteiger partial charge is 0.508 e. The van der Waals surface area contributed by atoms with Crippen LogP contribution >= 0.6 is 0 Å². The van der Waals surface area contributed by atoms with Crippen LogP contribution in [-0.2, 0) is 11.3 Å². The number of methoxy groups -OCH3 is 1. The van der Waals surface area contributed by atoms with Gasteiger partial charge < -0.3 is 20.3 Å². The highest BCUT2D eigenvalue weighted by atomic mass is 16.5. The number of anilines is 2. The van der Waals surface area contributed by atoms with E-state index in [1.165, 1.54) is 19.2 Å². The Bertz CT molecular complexity index is 643. The van der Waals surface area contributed by atoms with E-state index in [-0.39, 0.29) is 11.5 Å². The van der Waals surface area contributed by atoms with Gasteiger partial charge in [0.25, 0.3) is 0 Å². The molecule has 0 heterocycles. The van der Waals surface area contributed by atoms with E-state index < -0.39 is 6.09 Å². The quantitative estimate of drug-likeness (QED) is 0.694. The summed E-state index contributed by atoms with van der Waals surface area (Å²) in [6.45, 7) is 0.383. The van der Waals surface area contributed by atoms with Gasteiger partial charge in [0.15, 0.2) is 0 Å². The van der Waals surface area contributed by atoms with Crippen LogP contribution in [-0.4, -0.2) is 23.4 Å². The van der Waals surface area contributed by atoms with Crippen LogP contribution in [0.25, 0.3) is 0 Å². The Hall–Kier alpha value is -2.89. The molecule has 0 fully saturated rings. The molecule has 0 unspecified atom stereocenters. The standard InChI is InChI=1S/C15H16N2O4/c1-21-15(20)17-12-4-2-3-11(7-12)16-9-10-5-6-13(18)8-14(10)19/h2-8,16,18-19H,9H2,1H3,(H,17,20). The van der Waals surface area contributed by atoms with Gasteiger partial charge in [0.2, 0.25) is 0 Å². The molecule has 4 N–H and O–H groups in total. The lowest BCUT2D eigenvalue weighted by Crippen LogP contribution is -2.11. The molecule has 6 nitrogen and oxygen atoms in total. The maximum Gasteiger partial charge on any atom is 0.411 e. The number of rotatable bonds is 4. The topological polar surface area (TPSA) is 90.8 Å². The number of amides is 1. The molecule has 2 aromatic rings. The number of carbonyl (C=O) groups excluding carboxylic acids is 1. The summed E-state index contributed by atoms with van der Waals surface area (Å²) in [5, 5.41) is 24.6. The van der Waals surface area contributed by atoms with Crippen LogP contribution in [0.5, 0.6) is 11.5 Å². The minimum Gasteiger partial charge on any atom is -0.508 e. The number of nitrogens with one attached hydrogen (secondary N) is 2. The molecule has 110 valence electrons. The first-order valence-corrected chi connectivity index (χ1v) is 6.28. The molecule has 0 spiro atoms. The van der Waals surface area contributed by atoms with E-state index in [9.17, 15) is 15.0 Å². The van der Waals surface area contributed by atoms with Gasteiger partial charge in [-0.25, -0.2) is 4.79 Å². The minimum absolute atomic E-state index is 0.0144. The first-order chi connectivity index (χ1) is 10.1. The lowest BCUT2D eigenvalue weighted by Gasteiger charge is -2.10. The second-order valence-corrected chi connectivity index (χ2v) is 4.36. The van der Waals surface area contributed by atoms with E-state index in [1.54, 1.807) is 24.3 Å². The molecule has 0 atom stereocenters. The van der Waals surface area contributed by atoms with Crippen molar-refractivity contribution in [3.05, 3.63) is 48.0 Å². The number of ether oxygens (including phenoxy) is 1. The molecular weight excluding hydrogens is 272 g/mol. The monoisotopic (exact) mass is 288 g/mol. The predicted molar refractivity (Wildman–Crippen MR) is 79.6 cm³/mol. The Balaban J connectivity index is 2.03. The zero-order valence-electron chi connectivity index (χ0n) is 11.5. The summed E-state index contributed by atoms with van der Waals surface area (Å²) >= 11 is 0. The van der Waals surface area contributed by atoms with Gasteiger partial charge in [-0.1, -0.05) is 6.07 Å². The average molecular weight is 288 g/mol. The number of hydrogen-bond donors (Lipinski definition) is 4.